The zero-order valence-corrected chi connectivity index (χ0v) is 16.6. The Hall–Kier alpha value is -3.26. The lowest BCUT2D eigenvalue weighted by molar-refractivity contribution is 0.0942. The lowest BCUT2D eigenvalue weighted by atomic mass is 10.2. The average Bonchev–Trinajstić information content (AvgIpc) is 3.54. The third-order valence-corrected chi connectivity index (χ3v) is 5.04. The molecule has 2 aromatic carbocycles. The number of benzene rings is 2. The van der Waals surface area contributed by atoms with E-state index in [9.17, 15) is 18.8 Å². The van der Waals surface area contributed by atoms with Gasteiger partial charge in [-0.2, -0.15) is 9.78 Å². The molecular weight excluding hydrogens is 411 g/mol. The molecule has 0 aliphatic heterocycles. The monoisotopic (exact) mass is 428 g/mol. The van der Waals surface area contributed by atoms with Crippen LogP contribution in [0.25, 0.3) is 5.69 Å². The van der Waals surface area contributed by atoms with Gasteiger partial charge in [0.15, 0.2) is 0 Å². The van der Waals surface area contributed by atoms with Gasteiger partial charge in [0.05, 0.1) is 12.2 Å². The van der Waals surface area contributed by atoms with Gasteiger partial charge in [-0.1, -0.05) is 29.8 Å². The molecule has 4 rings (SSSR count). The molecule has 1 fully saturated rings. The summed E-state index contributed by atoms with van der Waals surface area (Å²) in [7, 11) is 0. The van der Waals surface area contributed by atoms with E-state index in [1.807, 2.05) is 0 Å². The van der Waals surface area contributed by atoms with Crippen molar-refractivity contribution in [1.82, 2.24) is 19.7 Å². The molecule has 0 radical (unpaired) electrons. The van der Waals surface area contributed by atoms with E-state index in [1.54, 1.807) is 24.3 Å². The fourth-order valence-corrected chi connectivity index (χ4v) is 3.25. The van der Waals surface area contributed by atoms with Crippen molar-refractivity contribution < 1.29 is 9.18 Å². The fourth-order valence-electron chi connectivity index (χ4n) is 3.03. The van der Waals surface area contributed by atoms with E-state index in [-0.39, 0.29) is 12.2 Å². The Balaban J connectivity index is 1.83. The molecule has 1 aliphatic rings. The van der Waals surface area contributed by atoms with Crippen molar-refractivity contribution in [3.05, 3.63) is 91.5 Å². The minimum Gasteiger partial charge on any atom is -0.350 e. The molecule has 1 heterocycles. The largest absolute Gasteiger partial charge is 0.352 e. The number of amides is 1. The highest BCUT2D eigenvalue weighted by molar-refractivity contribution is 6.30. The van der Waals surface area contributed by atoms with Crippen molar-refractivity contribution in [2.24, 2.45) is 5.92 Å². The van der Waals surface area contributed by atoms with E-state index in [4.69, 9.17) is 11.6 Å². The second-order valence-corrected chi connectivity index (χ2v) is 7.63. The zero-order chi connectivity index (χ0) is 21.3. The summed E-state index contributed by atoms with van der Waals surface area (Å²) in [6.45, 7) is 0.326. The van der Waals surface area contributed by atoms with Gasteiger partial charge in [-0.25, -0.2) is 9.18 Å². The average molecular weight is 429 g/mol. The Bertz CT molecular complexity index is 1230. The van der Waals surface area contributed by atoms with Crippen LogP contribution >= 0.6 is 11.6 Å². The summed E-state index contributed by atoms with van der Waals surface area (Å²) in [5, 5.41) is 7.10. The minimum absolute atomic E-state index is 0.107. The summed E-state index contributed by atoms with van der Waals surface area (Å²) >= 11 is 6.00. The number of carbonyl (C=O) groups is 1. The maximum Gasteiger partial charge on any atom is 0.352 e. The zero-order valence-electron chi connectivity index (χ0n) is 15.8. The summed E-state index contributed by atoms with van der Waals surface area (Å²) in [4.78, 5) is 38.6. The van der Waals surface area contributed by atoms with Crippen molar-refractivity contribution in [2.45, 2.75) is 19.4 Å². The van der Waals surface area contributed by atoms with Crippen molar-refractivity contribution in [1.29, 1.82) is 0 Å². The van der Waals surface area contributed by atoms with E-state index in [2.05, 4.69) is 10.4 Å². The van der Waals surface area contributed by atoms with Gasteiger partial charge in [0.2, 0.25) is 5.69 Å². The number of nitrogens with one attached hydrogen (secondary N) is 1. The number of aromatic nitrogens is 3. The van der Waals surface area contributed by atoms with Crippen LogP contribution in [-0.4, -0.2) is 26.8 Å². The third kappa shape index (κ3) is 4.33. The van der Waals surface area contributed by atoms with Crippen LogP contribution < -0.4 is 16.6 Å². The van der Waals surface area contributed by atoms with Crippen LogP contribution in [0.1, 0.15) is 28.9 Å². The quantitative estimate of drug-likeness (QED) is 0.653. The molecule has 3 aromatic rings. The number of hydrogen-bond donors (Lipinski definition) is 1. The van der Waals surface area contributed by atoms with Gasteiger partial charge in [0.1, 0.15) is 5.82 Å². The van der Waals surface area contributed by atoms with Gasteiger partial charge in [-0.05, 0) is 54.7 Å². The number of halogens is 2. The molecule has 1 aliphatic carbocycles. The SMILES string of the molecule is O=C(NCC1CC1)c1nn(-c2cccc(F)c2)c(=O)n(Cc2cccc(Cl)c2)c1=O. The van der Waals surface area contributed by atoms with Crippen LogP contribution in [0.2, 0.25) is 5.02 Å². The second-order valence-electron chi connectivity index (χ2n) is 7.20. The summed E-state index contributed by atoms with van der Waals surface area (Å²) in [5.74, 6) is -0.845. The molecule has 1 saturated carbocycles. The maximum atomic E-state index is 13.7. The predicted octanol–water partition coefficient (Wildman–Crippen LogP) is 2.37. The molecule has 30 heavy (non-hydrogen) atoms. The first-order valence-electron chi connectivity index (χ1n) is 9.45. The van der Waals surface area contributed by atoms with E-state index >= 15 is 0 Å². The van der Waals surface area contributed by atoms with Crippen LogP contribution in [0.3, 0.4) is 0 Å². The first-order valence-corrected chi connectivity index (χ1v) is 9.83. The van der Waals surface area contributed by atoms with Gasteiger partial charge in [-0.3, -0.25) is 14.2 Å². The lowest BCUT2D eigenvalue weighted by Crippen LogP contribution is -2.46. The molecule has 0 saturated heterocycles. The van der Waals surface area contributed by atoms with Crippen LogP contribution in [0, 0.1) is 11.7 Å². The van der Waals surface area contributed by atoms with E-state index in [0.29, 0.717) is 23.0 Å². The second kappa shape index (κ2) is 8.23. The Morgan fingerprint density at radius 1 is 1.17 bits per heavy atom. The number of nitrogens with zero attached hydrogens (tertiary/aromatic N) is 3. The first kappa shape index (κ1) is 20.0. The maximum absolute atomic E-state index is 13.7. The van der Waals surface area contributed by atoms with E-state index < -0.39 is 28.7 Å². The van der Waals surface area contributed by atoms with Crippen molar-refractivity contribution in [3.63, 3.8) is 0 Å². The van der Waals surface area contributed by atoms with E-state index in [0.717, 1.165) is 28.2 Å². The molecule has 7 nitrogen and oxygen atoms in total. The van der Waals surface area contributed by atoms with Gasteiger partial charge in [0.25, 0.3) is 11.5 Å². The topological polar surface area (TPSA) is 86.0 Å². The molecule has 0 spiro atoms. The van der Waals surface area contributed by atoms with Gasteiger partial charge in [0, 0.05) is 11.6 Å². The van der Waals surface area contributed by atoms with Gasteiger partial charge < -0.3 is 5.32 Å². The number of carbonyl (C=O) groups excluding carboxylic acids is 1. The number of rotatable bonds is 6. The highest BCUT2D eigenvalue weighted by atomic mass is 35.5. The van der Waals surface area contributed by atoms with Gasteiger partial charge in [-0.15, -0.1) is 0 Å². The minimum atomic E-state index is -0.819. The smallest absolute Gasteiger partial charge is 0.350 e. The normalized spacial score (nSPS) is 13.3. The Morgan fingerprint density at radius 2 is 1.93 bits per heavy atom. The third-order valence-electron chi connectivity index (χ3n) is 4.81. The molecule has 9 heteroatoms. The molecule has 0 atom stereocenters. The molecular formula is C21H18ClFN4O3. The number of hydrogen-bond acceptors (Lipinski definition) is 4. The highest BCUT2D eigenvalue weighted by Crippen LogP contribution is 2.27. The van der Waals surface area contributed by atoms with Crippen molar-refractivity contribution in [3.8, 4) is 5.69 Å². The molecule has 1 N–H and O–H groups in total. The van der Waals surface area contributed by atoms with Gasteiger partial charge >= 0.3 is 5.69 Å². The van der Waals surface area contributed by atoms with Crippen molar-refractivity contribution >= 4 is 17.5 Å². The Morgan fingerprint density at radius 3 is 2.63 bits per heavy atom. The Kier molecular flexibility index (Phi) is 5.50. The lowest BCUT2D eigenvalue weighted by Gasteiger charge is -2.12. The molecule has 1 amide bonds. The summed E-state index contributed by atoms with van der Waals surface area (Å²) in [6, 6.07) is 11.9. The standard InChI is InChI=1S/C21H18ClFN4O3/c22-15-4-1-3-14(9-15)12-26-20(29)18(19(28)24-11-13-7-8-13)25-27(21(26)30)17-6-2-5-16(23)10-17/h1-6,9-10,13H,7-8,11-12H2,(H,24,28). The first-order chi connectivity index (χ1) is 14.4. The molecule has 0 unspecified atom stereocenters. The van der Waals surface area contributed by atoms with E-state index in [1.165, 1.54) is 18.2 Å². The fraction of sp³-hybridized carbons (Fsp3) is 0.238. The highest BCUT2D eigenvalue weighted by Gasteiger charge is 2.25. The predicted molar refractivity (Wildman–Crippen MR) is 110 cm³/mol. The Labute approximate surface area is 175 Å². The molecule has 0 bridgehead atoms. The van der Waals surface area contributed by atoms with Crippen LogP contribution in [0.5, 0.6) is 0 Å². The summed E-state index contributed by atoms with van der Waals surface area (Å²) in [5.41, 5.74) is -1.33. The molecule has 1 aromatic heterocycles. The van der Waals surface area contributed by atoms with Crippen LogP contribution in [-0.2, 0) is 6.54 Å². The van der Waals surface area contributed by atoms with Crippen LogP contribution in [0.4, 0.5) is 4.39 Å². The van der Waals surface area contributed by atoms with Crippen molar-refractivity contribution in [2.75, 3.05) is 6.54 Å². The summed E-state index contributed by atoms with van der Waals surface area (Å²) in [6.07, 6.45) is 2.05. The molecule has 154 valence electrons. The summed E-state index contributed by atoms with van der Waals surface area (Å²) < 4.78 is 15.5. The van der Waals surface area contributed by atoms with Crippen LogP contribution in [0.15, 0.2) is 58.1 Å².